The van der Waals surface area contributed by atoms with Crippen molar-refractivity contribution in [2.24, 2.45) is 0 Å². The number of halogens is 10. The fourth-order valence-corrected chi connectivity index (χ4v) is 18.0. The molecule has 0 radical (unpaired) electrons. The van der Waals surface area contributed by atoms with E-state index in [1.807, 2.05) is 4.90 Å². The molecule has 40 heteroatoms. The molecule has 113 heavy (non-hydrogen) atoms. The molecule has 5 aliphatic heterocycles. The number of piperazine rings is 2. The van der Waals surface area contributed by atoms with E-state index < -0.39 is 131 Å². The van der Waals surface area contributed by atoms with Crippen LogP contribution in [0.1, 0.15) is 49.7 Å². The molecule has 0 bridgehead atoms. The molecule has 1 amide bonds. The third kappa shape index (κ3) is 26.6. The second kappa shape index (κ2) is 44.7. The maximum absolute atomic E-state index is 14.1. The number of nitro groups is 1. The highest BCUT2D eigenvalue weighted by Crippen LogP contribution is 2.39. The number of carbonyl (C=O) groups is 2. The Morgan fingerprint density at radius 2 is 0.796 bits per heavy atom. The summed E-state index contributed by atoms with van der Waals surface area (Å²) in [5.74, 6) is -4.83. The lowest BCUT2D eigenvalue weighted by Crippen LogP contribution is -2.54. The fourth-order valence-electron chi connectivity index (χ4n) is 12.2. The van der Waals surface area contributed by atoms with E-state index in [0.717, 1.165) is 82.0 Å². The van der Waals surface area contributed by atoms with E-state index in [9.17, 15) is 81.5 Å². The highest BCUT2D eigenvalue weighted by Gasteiger charge is 2.45. The van der Waals surface area contributed by atoms with Gasteiger partial charge in [0, 0.05) is 122 Å². The van der Waals surface area contributed by atoms with Crippen molar-refractivity contribution in [3.63, 3.8) is 0 Å². The topological polar surface area (TPSA) is 338 Å². The SMILES string of the molecule is C.C.O=C(Cl)Oc1ccc([N+](=O)[O-])cc1.O=C(OC[C@H]1COC[C@@H](c2cc(F)cc(F)c2)N1S(=O)(=O)c1ccc(Cl)cc1)N1CCN(CCO)CC1.O=S(=O)(c1ccc(Cl)cc1)N1[C@@H](CO)COC[C@H]1c1cc(F)cc(F)c1.O=S(=O)(c1ccc(Cl)cc1)N1[C@H](CO)COC[C@H]1c1cc(F)cc(F)c1.OCCN1CCNCC1. The van der Waals surface area contributed by atoms with Gasteiger partial charge in [0.2, 0.25) is 30.1 Å². The van der Waals surface area contributed by atoms with Crippen LogP contribution in [0.25, 0.3) is 0 Å². The van der Waals surface area contributed by atoms with Gasteiger partial charge >= 0.3 is 11.5 Å². The minimum absolute atomic E-state index is 0. The molecule has 27 nitrogen and oxygen atoms in total. The number of ether oxygens (including phenoxy) is 5. The molecule has 5 fully saturated rings. The first-order chi connectivity index (χ1) is 52.9. The molecular formula is C73H86Cl4F6N8O19S3. The fraction of sp³-hybridized carbons (Fsp3) is 0.397. The predicted molar refractivity (Wildman–Crippen MR) is 408 cm³/mol. The zero-order valence-corrected chi connectivity index (χ0v) is 64.3. The molecule has 5 aliphatic rings. The quantitative estimate of drug-likeness (QED) is 0.0217. The molecule has 6 atom stereocenters. The largest absolute Gasteiger partial charge is 0.448 e. The number of benzene rings is 7. The standard InChI is InChI=1S/C24H28ClF2N3O6S.2C17H16ClF2NO4S.C7H4ClNO4.C6H14N2O.2CH4/c25-18-1-3-22(4-2-18)37(33,34)30-21(14-35-16-23(30)17-11-19(26)13-20(27)12-17)15-36-24(32)29-7-5-28(6-8-29)9-10-31;2*18-12-1-3-16(4-2-12)26(23,24)21-15(8-22)9-25-10-17(21)11-5-13(19)7-14(20)6-11;8-7(10)13-6-3-1-5(2-4-6)9(11)12;9-6-5-8-3-1-7-2-4-8;;/h1-4,11-13,21,23,31H,5-10,14-16H2;2*1-7,15,17,22H,8-10H2;1-4H;7,9H,1-6H2;2*1H4/t21-,23+;15-,17+;15-,17-;;;;/m110..../s1. The molecule has 0 aromatic heterocycles. The number of hydrogen-bond donors (Lipinski definition) is 5. The third-order valence-electron chi connectivity index (χ3n) is 17.5. The van der Waals surface area contributed by atoms with Crippen LogP contribution >= 0.6 is 46.4 Å². The van der Waals surface area contributed by atoms with E-state index in [4.69, 9.17) is 75.6 Å². The minimum atomic E-state index is -4.22. The normalized spacial score (nSPS) is 19.9. The molecule has 12 rings (SSSR count). The van der Waals surface area contributed by atoms with Crippen LogP contribution in [0.15, 0.2) is 166 Å². The van der Waals surface area contributed by atoms with E-state index >= 15 is 0 Å². The number of β-amino-alcohol motifs (C(OH)–C–C–N with tert-alkyl or cyclic N) is 2. The number of rotatable bonds is 19. The average molecular weight is 1730 g/mol. The summed E-state index contributed by atoms with van der Waals surface area (Å²) >= 11 is 22.5. The molecule has 5 N–H and O–H groups in total. The van der Waals surface area contributed by atoms with Gasteiger partial charge < -0.3 is 54.3 Å². The highest BCUT2D eigenvalue weighted by atomic mass is 35.5. The Balaban J connectivity index is 0.000000234. The van der Waals surface area contributed by atoms with Gasteiger partial charge in [-0.1, -0.05) is 49.7 Å². The van der Waals surface area contributed by atoms with Gasteiger partial charge in [-0.2, -0.15) is 12.9 Å². The summed E-state index contributed by atoms with van der Waals surface area (Å²) in [7, 11) is -12.4. The number of nitro benzene ring substituents is 1. The number of amides is 1. The molecule has 7 aromatic rings. The number of nitrogens with zero attached hydrogens (tertiary/aromatic N) is 7. The van der Waals surface area contributed by atoms with Crippen molar-refractivity contribution in [3.05, 3.63) is 228 Å². The van der Waals surface area contributed by atoms with E-state index in [2.05, 4.69) is 15.0 Å². The minimum Gasteiger partial charge on any atom is -0.448 e. The van der Waals surface area contributed by atoms with Gasteiger partial charge in [0.05, 0.1) is 122 Å². The monoisotopic (exact) mass is 1730 g/mol. The van der Waals surface area contributed by atoms with E-state index in [0.29, 0.717) is 72.6 Å². The number of aliphatic hydroxyl groups excluding tert-OH is 4. The third-order valence-corrected chi connectivity index (χ3v) is 24.2. The second-order valence-electron chi connectivity index (χ2n) is 25.0. The van der Waals surface area contributed by atoms with E-state index in [1.54, 1.807) is 0 Å². The lowest BCUT2D eigenvalue weighted by molar-refractivity contribution is -0.384. The summed E-state index contributed by atoms with van der Waals surface area (Å²) in [6, 6.07) is 24.3. The molecular weight excluding hydrogens is 1640 g/mol. The van der Waals surface area contributed by atoms with Gasteiger partial charge in [0.25, 0.3) is 5.69 Å². The molecule has 620 valence electrons. The molecule has 7 aromatic carbocycles. The van der Waals surface area contributed by atoms with Crippen LogP contribution in [-0.2, 0) is 49.0 Å². The van der Waals surface area contributed by atoms with E-state index in [-0.39, 0.29) is 111 Å². The van der Waals surface area contributed by atoms with Crippen molar-refractivity contribution in [2.45, 2.75) is 65.8 Å². The zero-order valence-electron chi connectivity index (χ0n) is 58.8. The first-order valence-corrected chi connectivity index (χ1v) is 39.8. The molecule has 0 unspecified atom stereocenters. The van der Waals surface area contributed by atoms with Gasteiger partial charge in [-0.15, -0.1) is 0 Å². The van der Waals surface area contributed by atoms with Gasteiger partial charge in [0.15, 0.2) is 0 Å². The Bertz CT molecular complexity index is 4370. The van der Waals surface area contributed by atoms with Crippen molar-refractivity contribution < 1.29 is 110 Å². The summed E-state index contributed by atoms with van der Waals surface area (Å²) in [6.45, 7) is 6.14. The Labute approximate surface area is 670 Å². The summed E-state index contributed by atoms with van der Waals surface area (Å²) in [5, 5.41) is 51.4. The first-order valence-electron chi connectivity index (χ1n) is 34.0. The molecule has 0 aliphatic carbocycles. The Morgan fingerprint density at radius 1 is 0.478 bits per heavy atom. The number of morpholine rings is 3. The molecule has 5 saturated heterocycles. The van der Waals surface area contributed by atoms with Gasteiger partial charge in [0.1, 0.15) is 47.3 Å². The lowest BCUT2D eigenvalue weighted by Gasteiger charge is -2.41. The van der Waals surface area contributed by atoms with Crippen molar-refractivity contribution in [1.82, 2.24) is 32.9 Å². The van der Waals surface area contributed by atoms with Crippen LogP contribution in [0.3, 0.4) is 0 Å². The molecule has 5 heterocycles. The Hall–Kier alpha value is -7.25. The van der Waals surface area contributed by atoms with Crippen LogP contribution < -0.4 is 10.1 Å². The van der Waals surface area contributed by atoms with Crippen molar-refractivity contribution in [1.29, 1.82) is 0 Å². The lowest BCUT2D eigenvalue weighted by atomic mass is 10.0. The first kappa shape index (κ1) is 94.6. The highest BCUT2D eigenvalue weighted by molar-refractivity contribution is 7.89. The Kier molecular flexibility index (Phi) is 37.5. The summed E-state index contributed by atoms with van der Waals surface area (Å²) in [5.41, 5.74) is -0.759. The van der Waals surface area contributed by atoms with Gasteiger partial charge in [-0.05, 0) is 138 Å². The second-order valence-corrected chi connectivity index (χ2v) is 32.1. The summed E-state index contributed by atoms with van der Waals surface area (Å²) in [4.78, 5) is 38.3. The van der Waals surface area contributed by atoms with Crippen LogP contribution in [0.4, 0.5) is 41.6 Å². The predicted octanol–water partition coefficient (Wildman–Crippen LogP) is 10.5. The van der Waals surface area contributed by atoms with Crippen LogP contribution in [-0.4, -0.2) is 246 Å². The molecule has 0 saturated carbocycles. The number of non-ortho nitro benzene ring substituents is 1. The number of hydrogen-bond acceptors (Lipinski definition) is 22. The van der Waals surface area contributed by atoms with Crippen LogP contribution in [0.5, 0.6) is 5.75 Å². The summed E-state index contributed by atoms with van der Waals surface area (Å²) < 4.78 is 192. The number of carbonyl (C=O) groups excluding carboxylic acids is 2. The Morgan fingerprint density at radius 3 is 1.11 bits per heavy atom. The number of sulfonamides is 3. The van der Waals surface area contributed by atoms with E-state index in [1.165, 1.54) is 102 Å². The molecule has 0 spiro atoms. The maximum atomic E-state index is 14.1. The van der Waals surface area contributed by atoms with Gasteiger partial charge in [-0.25, -0.2) is 61.2 Å². The van der Waals surface area contributed by atoms with Crippen molar-refractivity contribution >= 4 is 93.7 Å². The van der Waals surface area contributed by atoms with Crippen molar-refractivity contribution in [3.8, 4) is 5.75 Å². The van der Waals surface area contributed by atoms with Gasteiger partial charge in [-0.3, -0.25) is 19.9 Å². The smallest absolute Gasteiger partial charge is 0.409 e. The van der Waals surface area contributed by atoms with Crippen LogP contribution in [0.2, 0.25) is 15.1 Å². The summed E-state index contributed by atoms with van der Waals surface area (Å²) in [6.07, 6.45) is -0.605. The van der Waals surface area contributed by atoms with Crippen LogP contribution in [0, 0.1) is 45.0 Å². The zero-order chi connectivity index (χ0) is 80.7. The van der Waals surface area contributed by atoms with Crippen molar-refractivity contribution in [2.75, 3.05) is 138 Å². The average Bonchev–Trinajstić information content (AvgIpc) is 0.771. The number of aliphatic hydroxyl groups is 4. The maximum Gasteiger partial charge on any atom is 0.409 e. The number of nitrogens with one attached hydrogen (secondary N) is 1.